The maximum Gasteiger partial charge on any atom is 0.318 e. The van der Waals surface area contributed by atoms with Crippen molar-refractivity contribution in [3.8, 4) is 0 Å². The number of halogens is 1. The second-order valence-electron chi connectivity index (χ2n) is 11.1. The van der Waals surface area contributed by atoms with E-state index in [1.807, 2.05) is 36.1 Å². The largest absolute Gasteiger partial charge is 0.369 e. The summed E-state index contributed by atoms with van der Waals surface area (Å²) in [6.07, 6.45) is 3.46. The Morgan fingerprint density at radius 2 is 1.74 bits per heavy atom. The fraction of sp³-hybridized carbons (Fsp3) is 0.533. The molecule has 1 spiro atoms. The predicted molar refractivity (Wildman–Crippen MR) is 149 cm³/mol. The Morgan fingerprint density at radius 1 is 1.03 bits per heavy atom. The van der Waals surface area contributed by atoms with Crippen molar-refractivity contribution < 1.29 is 14.3 Å². The maximum atomic E-state index is 12.7. The van der Waals surface area contributed by atoms with Crippen LogP contribution in [0.3, 0.4) is 0 Å². The predicted octanol–water partition coefficient (Wildman–Crippen LogP) is 4.56. The first-order valence-electron chi connectivity index (χ1n) is 13.8. The molecule has 0 aliphatic carbocycles. The van der Waals surface area contributed by atoms with Crippen LogP contribution in [0.1, 0.15) is 49.3 Å². The Labute approximate surface area is 231 Å². The molecular weight excluding hydrogens is 500 g/mol. The van der Waals surface area contributed by atoms with E-state index >= 15 is 0 Å². The molecule has 0 saturated carbocycles. The van der Waals surface area contributed by atoms with Gasteiger partial charge in [-0.25, -0.2) is 4.79 Å². The highest BCUT2D eigenvalue weighted by atomic mass is 35.5. The lowest BCUT2D eigenvalue weighted by atomic mass is 9.83. The molecule has 0 bridgehead atoms. The topological polar surface area (TPSA) is 65.1 Å². The summed E-state index contributed by atoms with van der Waals surface area (Å²) in [5.74, 6) is 0.120. The first kappa shape index (κ1) is 27.0. The molecule has 3 amide bonds. The van der Waals surface area contributed by atoms with Gasteiger partial charge in [0.05, 0.1) is 17.7 Å². The lowest BCUT2D eigenvalue weighted by Crippen LogP contribution is -2.54. The quantitative estimate of drug-likeness (QED) is 0.561. The fourth-order valence-corrected chi connectivity index (χ4v) is 6.41. The van der Waals surface area contributed by atoms with Gasteiger partial charge in [0.1, 0.15) is 0 Å². The smallest absolute Gasteiger partial charge is 0.318 e. The summed E-state index contributed by atoms with van der Waals surface area (Å²) in [6.45, 7) is 9.77. The van der Waals surface area contributed by atoms with E-state index in [0.717, 1.165) is 61.5 Å². The van der Waals surface area contributed by atoms with Crippen LogP contribution in [0, 0.1) is 6.92 Å². The number of carbonyl (C=O) groups is 2. The van der Waals surface area contributed by atoms with E-state index in [0.29, 0.717) is 32.8 Å². The van der Waals surface area contributed by atoms with Crippen molar-refractivity contribution in [2.24, 2.45) is 0 Å². The van der Waals surface area contributed by atoms with E-state index in [1.54, 1.807) is 6.92 Å². The minimum Gasteiger partial charge on any atom is -0.369 e. The van der Waals surface area contributed by atoms with Crippen molar-refractivity contribution in [2.45, 2.75) is 57.2 Å². The molecule has 0 radical (unpaired) electrons. The van der Waals surface area contributed by atoms with Crippen LogP contribution in [-0.2, 0) is 21.7 Å². The Bertz CT molecular complexity index is 1140. The minimum atomic E-state index is -0.410. The highest BCUT2D eigenvalue weighted by Crippen LogP contribution is 2.39. The number of benzene rings is 2. The van der Waals surface area contributed by atoms with Crippen LogP contribution < -0.4 is 5.32 Å². The van der Waals surface area contributed by atoms with Crippen LogP contribution in [0.25, 0.3) is 0 Å². The summed E-state index contributed by atoms with van der Waals surface area (Å²) >= 11 is 6.32. The van der Waals surface area contributed by atoms with Gasteiger partial charge in [-0.2, -0.15) is 0 Å². The van der Waals surface area contributed by atoms with Gasteiger partial charge >= 0.3 is 6.03 Å². The van der Waals surface area contributed by atoms with Crippen molar-refractivity contribution >= 4 is 23.5 Å². The second kappa shape index (κ2) is 11.2. The molecular formula is C30H39ClN4O3. The van der Waals surface area contributed by atoms with Crippen molar-refractivity contribution in [3.63, 3.8) is 0 Å². The molecule has 38 heavy (non-hydrogen) atoms. The number of nitrogens with one attached hydrogen (secondary N) is 1. The molecule has 2 aromatic rings. The molecule has 204 valence electrons. The van der Waals surface area contributed by atoms with Crippen molar-refractivity contribution in [2.75, 3.05) is 45.9 Å². The van der Waals surface area contributed by atoms with E-state index in [4.69, 9.17) is 16.3 Å². The molecule has 3 aliphatic rings. The van der Waals surface area contributed by atoms with Gasteiger partial charge in [-0.05, 0) is 55.4 Å². The molecule has 3 saturated heterocycles. The molecule has 8 heteroatoms. The SMILES string of the molecule is CC(=O)N1CCC(OCCN2CCC3(CC2)CNC(=O)N3Cc2ccccc2)(c2ccc(Cl)c(C)c2)CC1. The molecule has 0 atom stereocenters. The summed E-state index contributed by atoms with van der Waals surface area (Å²) in [7, 11) is 0. The summed E-state index contributed by atoms with van der Waals surface area (Å²) in [6, 6.07) is 16.5. The summed E-state index contributed by atoms with van der Waals surface area (Å²) in [5.41, 5.74) is 2.83. The van der Waals surface area contributed by atoms with Gasteiger partial charge in [0.15, 0.2) is 0 Å². The van der Waals surface area contributed by atoms with Crippen LogP contribution in [-0.4, -0.2) is 78.1 Å². The zero-order valence-corrected chi connectivity index (χ0v) is 23.3. The van der Waals surface area contributed by atoms with Crippen LogP contribution in [0.2, 0.25) is 5.02 Å². The molecule has 2 aromatic carbocycles. The van der Waals surface area contributed by atoms with E-state index < -0.39 is 5.60 Å². The van der Waals surface area contributed by atoms with Crippen LogP contribution in [0.15, 0.2) is 48.5 Å². The van der Waals surface area contributed by atoms with Gasteiger partial charge in [-0.3, -0.25) is 4.79 Å². The van der Waals surface area contributed by atoms with Crippen molar-refractivity contribution in [1.29, 1.82) is 0 Å². The van der Waals surface area contributed by atoms with E-state index in [-0.39, 0.29) is 17.5 Å². The third kappa shape index (κ3) is 5.56. The number of carbonyl (C=O) groups excluding carboxylic acids is 2. The third-order valence-electron chi connectivity index (χ3n) is 8.84. The van der Waals surface area contributed by atoms with Gasteiger partial charge in [0.25, 0.3) is 0 Å². The second-order valence-corrected chi connectivity index (χ2v) is 11.5. The number of rotatable bonds is 7. The van der Waals surface area contributed by atoms with Crippen molar-refractivity contribution in [3.05, 3.63) is 70.2 Å². The number of ether oxygens (including phenoxy) is 1. The highest BCUT2D eigenvalue weighted by Gasteiger charge is 2.47. The van der Waals surface area contributed by atoms with E-state index in [1.165, 1.54) is 5.56 Å². The average Bonchev–Trinajstić information content (AvgIpc) is 3.22. The number of hydrogen-bond donors (Lipinski definition) is 1. The molecule has 0 aromatic heterocycles. The molecule has 5 rings (SSSR count). The molecule has 0 unspecified atom stereocenters. The number of likely N-dealkylation sites (tertiary alicyclic amines) is 2. The highest BCUT2D eigenvalue weighted by molar-refractivity contribution is 6.31. The number of urea groups is 1. The Balaban J connectivity index is 1.20. The van der Waals surface area contributed by atoms with Gasteiger partial charge in [-0.15, -0.1) is 0 Å². The number of hydrogen-bond acceptors (Lipinski definition) is 4. The Morgan fingerprint density at radius 3 is 2.39 bits per heavy atom. The summed E-state index contributed by atoms with van der Waals surface area (Å²) in [4.78, 5) is 31.1. The third-order valence-corrected chi connectivity index (χ3v) is 9.27. The van der Waals surface area contributed by atoms with Crippen LogP contribution in [0.5, 0.6) is 0 Å². The van der Waals surface area contributed by atoms with Crippen LogP contribution in [0.4, 0.5) is 4.79 Å². The van der Waals surface area contributed by atoms with E-state index in [9.17, 15) is 9.59 Å². The number of amides is 3. The molecule has 1 N–H and O–H groups in total. The lowest BCUT2D eigenvalue weighted by molar-refractivity contribution is -0.138. The van der Waals surface area contributed by atoms with Gasteiger partial charge in [-0.1, -0.05) is 54.1 Å². The van der Waals surface area contributed by atoms with Gasteiger partial charge in [0, 0.05) is 57.8 Å². The van der Waals surface area contributed by atoms with Gasteiger partial charge in [0.2, 0.25) is 5.91 Å². The molecule has 3 fully saturated rings. The molecule has 3 aliphatic heterocycles. The van der Waals surface area contributed by atoms with Crippen molar-refractivity contribution in [1.82, 2.24) is 20.0 Å². The summed E-state index contributed by atoms with van der Waals surface area (Å²) in [5, 5.41) is 3.86. The molecule has 3 heterocycles. The first-order chi connectivity index (χ1) is 18.3. The van der Waals surface area contributed by atoms with Gasteiger partial charge < -0.3 is 24.8 Å². The fourth-order valence-electron chi connectivity index (χ4n) is 6.29. The van der Waals surface area contributed by atoms with Crippen LogP contribution >= 0.6 is 11.6 Å². The average molecular weight is 539 g/mol. The number of piperidine rings is 2. The Hall–Kier alpha value is -2.61. The molecule has 7 nitrogen and oxygen atoms in total. The number of aryl methyl sites for hydroxylation is 1. The zero-order chi connectivity index (χ0) is 26.8. The van der Waals surface area contributed by atoms with E-state index in [2.05, 4.69) is 39.4 Å². The zero-order valence-electron chi connectivity index (χ0n) is 22.5. The monoisotopic (exact) mass is 538 g/mol. The Kier molecular flexibility index (Phi) is 7.98. The number of nitrogens with zero attached hydrogens (tertiary/aromatic N) is 3. The summed E-state index contributed by atoms with van der Waals surface area (Å²) < 4.78 is 6.72. The first-order valence-corrected chi connectivity index (χ1v) is 14.2. The normalized spacial score (nSPS) is 21.1. The standard InChI is InChI=1S/C30H39ClN4O3/c1-23-20-26(8-9-27(23)31)30(12-16-34(17-13-30)24(2)36)38-19-18-33-14-10-29(11-15-33)22-32-28(37)35(29)21-25-6-4-3-5-7-25/h3-9,20H,10-19,21-22H2,1-2H3,(H,32,37). The lowest BCUT2D eigenvalue weighted by Gasteiger charge is -2.45. The minimum absolute atomic E-state index is 0.0442. The maximum absolute atomic E-state index is 12.7.